The van der Waals surface area contributed by atoms with Crippen molar-refractivity contribution in [2.24, 2.45) is 5.11 Å². The lowest BCUT2D eigenvalue weighted by Crippen LogP contribution is -2.63. The van der Waals surface area contributed by atoms with Crippen molar-refractivity contribution in [3.05, 3.63) is 23.1 Å². The van der Waals surface area contributed by atoms with E-state index >= 15 is 0 Å². The number of rotatable bonds is 3. The van der Waals surface area contributed by atoms with Crippen LogP contribution in [0.5, 0.6) is 0 Å². The minimum atomic E-state index is -5.93. The summed E-state index contributed by atoms with van der Waals surface area (Å²) in [7, 11) is 0. The van der Waals surface area contributed by atoms with E-state index in [1.165, 1.54) is 0 Å². The van der Waals surface area contributed by atoms with Crippen LogP contribution < -0.4 is 0 Å². The Kier molecular flexibility index (Phi) is 3.70. The zero-order valence-electron chi connectivity index (χ0n) is 9.39. The molecule has 2 unspecified atom stereocenters. The molecule has 7 nitrogen and oxygen atoms in total. The fraction of sp³-hybridized carbons (Fsp3) is 0.625. The van der Waals surface area contributed by atoms with Gasteiger partial charge in [0.2, 0.25) is 0 Å². The molecule has 0 aromatic carbocycles. The summed E-state index contributed by atoms with van der Waals surface area (Å²) < 4.78 is 72.7. The number of carbonyl (C=O) groups is 1. The molecular formula is C8H6F5N3O4. The molecule has 1 saturated heterocycles. The summed E-state index contributed by atoms with van der Waals surface area (Å²) >= 11 is 0. The highest BCUT2D eigenvalue weighted by Gasteiger charge is 2.84. The van der Waals surface area contributed by atoms with E-state index in [0.29, 0.717) is 6.08 Å². The highest BCUT2D eigenvalue weighted by Crippen LogP contribution is 2.55. The second kappa shape index (κ2) is 4.58. The molecule has 1 aliphatic rings. The largest absolute Gasteiger partial charge is 0.449 e. The van der Waals surface area contributed by atoms with Crippen molar-refractivity contribution in [2.75, 3.05) is 6.61 Å². The molecule has 0 radical (unpaired) electrons. The molecule has 0 saturated carbocycles. The van der Waals surface area contributed by atoms with Crippen molar-refractivity contribution < 1.29 is 41.3 Å². The molecule has 1 N–H and O–H groups in total. The first-order valence-corrected chi connectivity index (χ1v) is 4.70. The number of ether oxygens (including phenoxy) is 2. The van der Waals surface area contributed by atoms with Gasteiger partial charge in [-0.1, -0.05) is 6.58 Å². The van der Waals surface area contributed by atoms with Crippen molar-refractivity contribution in [2.45, 2.75) is 23.6 Å². The van der Waals surface area contributed by atoms with Crippen LogP contribution in [0.4, 0.5) is 22.0 Å². The number of hydrogen-bond acceptors (Lipinski definition) is 5. The number of esters is 1. The number of aliphatic hydroxyl groups is 1. The molecule has 1 heterocycles. The summed E-state index contributed by atoms with van der Waals surface area (Å²) in [5.74, 6) is -11.8. The normalized spacial score (nSPS) is 32.3. The number of carbonyl (C=O) groups excluding carboxylic acids is 1. The first kappa shape index (κ1) is 16.1. The smallest absolute Gasteiger partial charge is 0.440 e. The lowest BCUT2D eigenvalue weighted by atomic mass is 10.0. The van der Waals surface area contributed by atoms with Crippen LogP contribution in [0.3, 0.4) is 0 Å². The van der Waals surface area contributed by atoms with E-state index in [0.717, 1.165) is 0 Å². The van der Waals surface area contributed by atoms with Gasteiger partial charge < -0.3 is 14.6 Å². The van der Waals surface area contributed by atoms with Crippen molar-refractivity contribution in [3.8, 4) is 0 Å². The monoisotopic (exact) mass is 303 g/mol. The Bertz CT molecular complexity index is 489. The molecule has 1 rings (SSSR count). The maximum absolute atomic E-state index is 13.8. The molecule has 1 fully saturated rings. The first-order valence-electron chi connectivity index (χ1n) is 4.70. The third kappa shape index (κ3) is 1.97. The van der Waals surface area contributed by atoms with E-state index in [-0.39, 0.29) is 0 Å². The summed E-state index contributed by atoms with van der Waals surface area (Å²) in [5, 5.41) is 11.4. The minimum absolute atomic E-state index is 0.357. The minimum Gasteiger partial charge on any atom is -0.440 e. The van der Waals surface area contributed by atoms with Gasteiger partial charge in [-0.2, -0.15) is 22.0 Å². The van der Waals surface area contributed by atoms with Crippen LogP contribution in [0.2, 0.25) is 0 Å². The summed E-state index contributed by atoms with van der Waals surface area (Å²) in [6.45, 7) is 1.15. The lowest BCUT2D eigenvalue weighted by Gasteiger charge is -2.34. The zero-order valence-corrected chi connectivity index (χ0v) is 9.39. The standard InChI is InChI=1S/C8H6F5N3O4/c1-2-4(17)20-5(15-16-14)3-19-7(18,6(5,9)10)8(11,12)13/h2,18H,1,3H2. The van der Waals surface area contributed by atoms with Crippen LogP contribution >= 0.6 is 0 Å². The summed E-state index contributed by atoms with van der Waals surface area (Å²) in [6.07, 6.45) is -5.57. The van der Waals surface area contributed by atoms with Crippen LogP contribution in [0, 0.1) is 0 Å². The topological polar surface area (TPSA) is 105 Å². The average Bonchev–Trinajstić information content (AvgIpc) is 2.51. The van der Waals surface area contributed by atoms with Gasteiger partial charge in [0.25, 0.3) is 5.72 Å². The quantitative estimate of drug-likeness (QED) is 0.214. The van der Waals surface area contributed by atoms with Gasteiger partial charge in [-0.15, -0.1) is 0 Å². The molecule has 12 heteroatoms. The van der Waals surface area contributed by atoms with E-state index in [9.17, 15) is 26.7 Å². The fourth-order valence-corrected chi connectivity index (χ4v) is 1.39. The summed E-state index contributed by atoms with van der Waals surface area (Å²) in [6, 6.07) is 0. The zero-order chi connectivity index (χ0) is 15.8. The Morgan fingerprint density at radius 3 is 2.45 bits per heavy atom. The average molecular weight is 303 g/mol. The second-order valence-electron chi connectivity index (χ2n) is 3.60. The Morgan fingerprint density at radius 2 is 2.10 bits per heavy atom. The Balaban J connectivity index is 3.40. The number of azide groups is 1. The molecule has 0 aromatic rings. The molecule has 20 heavy (non-hydrogen) atoms. The fourth-order valence-electron chi connectivity index (χ4n) is 1.39. The van der Waals surface area contributed by atoms with Crippen molar-refractivity contribution >= 4 is 5.97 Å². The predicted molar refractivity (Wildman–Crippen MR) is 50.1 cm³/mol. The highest BCUT2D eigenvalue weighted by atomic mass is 19.4. The van der Waals surface area contributed by atoms with Gasteiger partial charge in [-0.25, -0.2) is 4.79 Å². The SMILES string of the molecule is C=CC(=O)OC1(N=[N+]=[N-])COC(O)(C(F)(F)F)C1(F)F. The molecular weight excluding hydrogens is 297 g/mol. The van der Waals surface area contributed by atoms with Gasteiger partial charge >= 0.3 is 23.9 Å². The van der Waals surface area contributed by atoms with E-state index in [2.05, 4.69) is 21.2 Å². The number of hydrogen-bond donors (Lipinski definition) is 1. The van der Waals surface area contributed by atoms with Gasteiger partial charge in [0.1, 0.15) is 6.61 Å². The number of nitrogens with zero attached hydrogens (tertiary/aromatic N) is 3. The van der Waals surface area contributed by atoms with Gasteiger partial charge in [-0.05, 0) is 10.6 Å². The van der Waals surface area contributed by atoms with Gasteiger partial charge in [-0.3, -0.25) is 0 Å². The maximum atomic E-state index is 13.8. The molecule has 0 aliphatic carbocycles. The third-order valence-electron chi connectivity index (χ3n) is 2.42. The summed E-state index contributed by atoms with van der Waals surface area (Å²) in [4.78, 5) is 12.8. The highest BCUT2D eigenvalue weighted by molar-refractivity contribution is 5.81. The van der Waals surface area contributed by atoms with Crippen LogP contribution in [0.25, 0.3) is 10.4 Å². The van der Waals surface area contributed by atoms with E-state index < -0.39 is 36.2 Å². The van der Waals surface area contributed by atoms with Crippen LogP contribution in [0.1, 0.15) is 0 Å². The van der Waals surface area contributed by atoms with Crippen LogP contribution in [-0.4, -0.2) is 41.3 Å². The van der Waals surface area contributed by atoms with Gasteiger partial charge in [0.15, 0.2) is 0 Å². The molecule has 1 aliphatic heterocycles. The molecule has 0 amide bonds. The van der Waals surface area contributed by atoms with Gasteiger partial charge in [0.05, 0.1) is 0 Å². The number of alkyl halides is 5. The molecule has 0 aromatic heterocycles. The number of halogens is 5. The Labute approximate surface area is 107 Å². The molecule has 112 valence electrons. The van der Waals surface area contributed by atoms with Gasteiger partial charge in [0, 0.05) is 11.0 Å². The third-order valence-corrected chi connectivity index (χ3v) is 2.42. The summed E-state index contributed by atoms with van der Waals surface area (Å²) in [5.41, 5.74) is 4.49. The van der Waals surface area contributed by atoms with E-state index in [1.54, 1.807) is 0 Å². The van der Waals surface area contributed by atoms with Crippen molar-refractivity contribution in [1.29, 1.82) is 0 Å². The lowest BCUT2D eigenvalue weighted by molar-refractivity contribution is -0.409. The first-order chi connectivity index (χ1) is 8.97. The molecule has 0 bridgehead atoms. The maximum Gasteiger partial charge on any atom is 0.449 e. The molecule has 2 atom stereocenters. The predicted octanol–water partition coefficient (Wildman–Crippen LogP) is 1.64. The van der Waals surface area contributed by atoms with Crippen LogP contribution in [0.15, 0.2) is 17.8 Å². The second-order valence-corrected chi connectivity index (χ2v) is 3.60. The Morgan fingerprint density at radius 1 is 1.55 bits per heavy atom. The van der Waals surface area contributed by atoms with E-state index in [1.807, 2.05) is 4.91 Å². The Hall–Kier alpha value is -1.91. The van der Waals surface area contributed by atoms with E-state index in [4.69, 9.17) is 10.6 Å². The molecule has 0 spiro atoms. The van der Waals surface area contributed by atoms with Crippen molar-refractivity contribution in [3.63, 3.8) is 0 Å². The van der Waals surface area contributed by atoms with Crippen molar-refractivity contribution in [1.82, 2.24) is 0 Å². The van der Waals surface area contributed by atoms with Crippen LogP contribution in [-0.2, 0) is 14.3 Å².